The second-order valence-corrected chi connectivity index (χ2v) is 6.94. The first-order chi connectivity index (χ1) is 13.4. The minimum absolute atomic E-state index is 0.924. The molecule has 0 fully saturated rings. The van der Waals surface area contributed by atoms with Crippen LogP contribution in [0.15, 0.2) is 103 Å². The predicted molar refractivity (Wildman–Crippen MR) is 115 cm³/mol. The number of hydrogen-bond acceptors (Lipinski definition) is 0. The van der Waals surface area contributed by atoms with Crippen molar-refractivity contribution in [1.82, 2.24) is 0 Å². The average molecular weight is 343 g/mol. The molecule has 1 radical (unpaired) electrons. The third kappa shape index (κ3) is 2.90. The molecule has 0 aliphatic heterocycles. The van der Waals surface area contributed by atoms with Crippen LogP contribution in [0.1, 0.15) is 11.1 Å². The molecule has 0 saturated carbocycles. The summed E-state index contributed by atoms with van der Waals surface area (Å²) >= 11 is 0. The highest BCUT2D eigenvalue weighted by atomic mass is 14.2. The van der Waals surface area contributed by atoms with E-state index in [2.05, 4.69) is 103 Å². The van der Waals surface area contributed by atoms with Crippen LogP contribution in [-0.4, -0.2) is 0 Å². The first kappa shape index (κ1) is 15.8. The molecule has 0 N–H and O–H groups in total. The van der Waals surface area contributed by atoms with Gasteiger partial charge in [0.05, 0.1) is 0 Å². The van der Waals surface area contributed by atoms with Gasteiger partial charge >= 0.3 is 0 Å². The van der Waals surface area contributed by atoms with Gasteiger partial charge in [0.1, 0.15) is 0 Å². The molecule has 5 rings (SSSR count). The summed E-state index contributed by atoms with van der Waals surface area (Å²) in [6.07, 6.45) is 0.924. The van der Waals surface area contributed by atoms with Crippen LogP contribution in [0.4, 0.5) is 0 Å². The number of rotatable bonds is 3. The molecule has 0 aliphatic rings. The zero-order valence-electron chi connectivity index (χ0n) is 15.0. The molecule has 0 nitrogen and oxygen atoms in total. The van der Waals surface area contributed by atoms with E-state index in [1.165, 1.54) is 43.8 Å². The van der Waals surface area contributed by atoms with Crippen LogP contribution in [0.25, 0.3) is 32.7 Å². The minimum Gasteiger partial charge on any atom is -0.0622 e. The van der Waals surface area contributed by atoms with Gasteiger partial charge in [-0.3, -0.25) is 0 Å². The van der Waals surface area contributed by atoms with Crippen LogP contribution < -0.4 is 0 Å². The maximum absolute atomic E-state index is 3.25. The van der Waals surface area contributed by atoms with Crippen LogP contribution in [0.5, 0.6) is 0 Å². The van der Waals surface area contributed by atoms with Crippen LogP contribution in [-0.2, 0) is 6.42 Å². The summed E-state index contributed by atoms with van der Waals surface area (Å²) in [6, 6.07) is 40.0. The first-order valence-corrected chi connectivity index (χ1v) is 9.34. The molecule has 5 aromatic rings. The Labute approximate surface area is 159 Å². The van der Waals surface area contributed by atoms with Crippen molar-refractivity contribution in [2.24, 2.45) is 0 Å². The molecule has 0 unspecified atom stereocenters. The van der Waals surface area contributed by atoms with Gasteiger partial charge in [0.25, 0.3) is 0 Å². The lowest BCUT2D eigenvalue weighted by atomic mass is 9.88. The maximum Gasteiger partial charge on any atom is -0.00194 e. The third-order valence-electron chi connectivity index (χ3n) is 5.25. The standard InChI is InChI=1S/C27H19/c1-3-9-20(10-4-1)19-23-16-17-25-24-14-8-7-11-21(24)15-18-26(25)27(23)22-12-5-2-6-13-22/h1-5,7-18H,19H2. The Morgan fingerprint density at radius 3 is 2.26 bits per heavy atom. The zero-order chi connectivity index (χ0) is 18.1. The molecule has 0 aromatic heterocycles. The van der Waals surface area contributed by atoms with E-state index in [1.807, 2.05) is 6.07 Å². The average Bonchev–Trinajstić information content (AvgIpc) is 2.74. The van der Waals surface area contributed by atoms with Gasteiger partial charge in [-0.15, -0.1) is 0 Å². The SMILES string of the molecule is [c]1cccc(-c2c(Cc3ccccc3)ccc3c2ccc2ccccc23)c1. The van der Waals surface area contributed by atoms with Gasteiger partial charge in [-0.25, -0.2) is 0 Å². The summed E-state index contributed by atoms with van der Waals surface area (Å²) in [5, 5.41) is 5.21. The third-order valence-corrected chi connectivity index (χ3v) is 5.25. The van der Waals surface area contributed by atoms with E-state index >= 15 is 0 Å². The van der Waals surface area contributed by atoms with Crippen LogP contribution >= 0.6 is 0 Å². The van der Waals surface area contributed by atoms with Gasteiger partial charge in [-0.1, -0.05) is 97.1 Å². The fraction of sp³-hybridized carbons (Fsp3) is 0.0370. The maximum atomic E-state index is 3.25. The Morgan fingerprint density at radius 2 is 1.41 bits per heavy atom. The van der Waals surface area contributed by atoms with Crippen LogP contribution in [0.3, 0.4) is 0 Å². The minimum atomic E-state index is 0.924. The van der Waals surface area contributed by atoms with E-state index in [0.29, 0.717) is 0 Å². The van der Waals surface area contributed by atoms with Crippen molar-refractivity contribution in [3.05, 3.63) is 120 Å². The molecule has 0 saturated heterocycles. The van der Waals surface area contributed by atoms with Crippen molar-refractivity contribution >= 4 is 21.5 Å². The second kappa shape index (κ2) is 6.74. The summed E-state index contributed by atoms with van der Waals surface area (Å²) in [4.78, 5) is 0. The largest absolute Gasteiger partial charge is 0.0622 e. The molecule has 127 valence electrons. The molecule has 0 heterocycles. The molecule has 0 aliphatic carbocycles. The van der Waals surface area contributed by atoms with Crippen LogP contribution in [0.2, 0.25) is 0 Å². The van der Waals surface area contributed by atoms with E-state index in [-0.39, 0.29) is 0 Å². The van der Waals surface area contributed by atoms with Crippen molar-refractivity contribution in [3.8, 4) is 11.1 Å². The zero-order valence-corrected chi connectivity index (χ0v) is 15.0. The van der Waals surface area contributed by atoms with E-state index in [1.54, 1.807) is 0 Å². The van der Waals surface area contributed by atoms with Gasteiger partial charge in [0, 0.05) is 0 Å². The summed E-state index contributed by atoms with van der Waals surface area (Å²) in [5.74, 6) is 0. The second-order valence-electron chi connectivity index (χ2n) is 6.94. The molecule has 0 amide bonds. The molecular weight excluding hydrogens is 324 g/mol. The monoisotopic (exact) mass is 343 g/mol. The lowest BCUT2D eigenvalue weighted by molar-refractivity contribution is 1.20. The van der Waals surface area contributed by atoms with Crippen molar-refractivity contribution in [1.29, 1.82) is 0 Å². The molecule has 27 heavy (non-hydrogen) atoms. The summed E-state index contributed by atoms with van der Waals surface area (Å²) in [6.45, 7) is 0. The quantitative estimate of drug-likeness (QED) is 0.308. The van der Waals surface area contributed by atoms with Gasteiger partial charge in [0.15, 0.2) is 0 Å². The highest BCUT2D eigenvalue weighted by molar-refractivity contribution is 6.12. The molecule has 5 aromatic carbocycles. The summed E-state index contributed by atoms with van der Waals surface area (Å²) < 4.78 is 0. The predicted octanol–water partition coefficient (Wildman–Crippen LogP) is 7.05. The Balaban J connectivity index is 1.81. The highest BCUT2D eigenvalue weighted by Crippen LogP contribution is 2.36. The van der Waals surface area contributed by atoms with Crippen LogP contribution in [0, 0.1) is 6.07 Å². The number of fused-ring (bicyclic) bond motifs is 3. The molecule has 0 bridgehead atoms. The van der Waals surface area contributed by atoms with Crippen molar-refractivity contribution < 1.29 is 0 Å². The van der Waals surface area contributed by atoms with Crippen molar-refractivity contribution in [3.63, 3.8) is 0 Å². The van der Waals surface area contributed by atoms with Crippen molar-refractivity contribution in [2.45, 2.75) is 6.42 Å². The van der Waals surface area contributed by atoms with Gasteiger partial charge in [-0.05, 0) is 62.4 Å². The molecule has 0 heteroatoms. The molecule has 0 spiro atoms. The lowest BCUT2D eigenvalue weighted by Gasteiger charge is -2.15. The van der Waals surface area contributed by atoms with E-state index < -0.39 is 0 Å². The topological polar surface area (TPSA) is 0 Å². The van der Waals surface area contributed by atoms with E-state index in [9.17, 15) is 0 Å². The Kier molecular flexibility index (Phi) is 3.95. The molecule has 0 atom stereocenters. The van der Waals surface area contributed by atoms with E-state index in [4.69, 9.17) is 0 Å². The Hall–Kier alpha value is -3.38. The smallest absolute Gasteiger partial charge is 0.00194 e. The number of benzene rings is 5. The van der Waals surface area contributed by atoms with E-state index in [0.717, 1.165) is 6.42 Å². The highest BCUT2D eigenvalue weighted by Gasteiger charge is 2.12. The Bertz CT molecular complexity index is 1220. The van der Waals surface area contributed by atoms with Gasteiger partial charge in [0.2, 0.25) is 0 Å². The fourth-order valence-electron chi connectivity index (χ4n) is 3.99. The van der Waals surface area contributed by atoms with Crippen molar-refractivity contribution in [2.75, 3.05) is 0 Å². The number of hydrogen-bond donors (Lipinski definition) is 0. The summed E-state index contributed by atoms with van der Waals surface area (Å²) in [7, 11) is 0. The van der Waals surface area contributed by atoms with Gasteiger partial charge < -0.3 is 0 Å². The molecular formula is C27H19. The Morgan fingerprint density at radius 1 is 0.593 bits per heavy atom. The van der Waals surface area contributed by atoms with Gasteiger partial charge in [-0.2, -0.15) is 0 Å². The first-order valence-electron chi connectivity index (χ1n) is 9.34. The fourth-order valence-corrected chi connectivity index (χ4v) is 3.99. The summed E-state index contributed by atoms with van der Waals surface area (Å²) in [5.41, 5.74) is 5.23. The normalized spacial score (nSPS) is 11.1. The lowest BCUT2D eigenvalue weighted by Crippen LogP contribution is -1.94.